The van der Waals surface area contributed by atoms with Crippen molar-refractivity contribution in [3.63, 3.8) is 0 Å². The van der Waals surface area contributed by atoms with Crippen molar-refractivity contribution in [2.75, 3.05) is 13.2 Å². The highest BCUT2D eigenvalue weighted by Crippen LogP contribution is 2.48. The number of carbonyl (C=O) groups excluding carboxylic acids is 2. The van der Waals surface area contributed by atoms with Crippen LogP contribution in [0.25, 0.3) is 0 Å². The third kappa shape index (κ3) is 5.44. The van der Waals surface area contributed by atoms with Crippen molar-refractivity contribution in [3.8, 4) is 0 Å². The predicted octanol–water partition coefficient (Wildman–Crippen LogP) is 5.54. The van der Waals surface area contributed by atoms with E-state index in [4.69, 9.17) is 4.74 Å². The van der Waals surface area contributed by atoms with E-state index in [0.29, 0.717) is 5.57 Å². The van der Waals surface area contributed by atoms with Gasteiger partial charge < -0.3 is 10.1 Å². The fourth-order valence-corrected chi connectivity index (χ4v) is 4.50. The lowest BCUT2D eigenvalue weighted by atomic mass is 9.84. The lowest BCUT2D eigenvalue weighted by molar-refractivity contribution is -0.138. The maximum absolute atomic E-state index is 13.1. The lowest BCUT2D eigenvalue weighted by Gasteiger charge is -2.34. The van der Waals surface area contributed by atoms with E-state index >= 15 is 0 Å². The fourth-order valence-electron chi connectivity index (χ4n) is 3.29. The first-order valence-corrected chi connectivity index (χ1v) is 10.8. The van der Waals surface area contributed by atoms with Gasteiger partial charge in [-0.3, -0.25) is 4.79 Å². The second kappa shape index (κ2) is 10.6. The highest BCUT2D eigenvalue weighted by Gasteiger charge is 2.39. The van der Waals surface area contributed by atoms with Crippen molar-refractivity contribution in [2.45, 2.75) is 11.7 Å². The Kier molecular flexibility index (Phi) is 7.68. The van der Waals surface area contributed by atoms with Crippen LogP contribution in [0, 0.1) is 0 Å². The minimum absolute atomic E-state index is 0.0903. The normalized spacial score (nSPS) is 10.9. The molecule has 4 nitrogen and oxygen atoms in total. The first kappa shape index (κ1) is 22.4. The SMILES string of the molecule is C=C(C)C(=O)OCCNC(=O)SC(c1ccccc1)(c1ccccc1)c1ccccc1. The third-order valence-corrected chi connectivity index (χ3v) is 6.08. The van der Waals surface area contributed by atoms with Crippen molar-refractivity contribution in [2.24, 2.45) is 0 Å². The molecule has 1 N–H and O–H groups in total. The summed E-state index contributed by atoms with van der Waals surface area (Å²) < 4.78 is 4.34. The van der Waals surface area contributed by atoms with E-state index < -0.39 is 10.7 Å². The number of carbonyl (C=O) groups is 2. The summed E-state index contributed by atoms with van der Waals surface area (Å²) in [7, 11) is 0. The third-order valence-electron chi connectivity index (χ3n) is 4.74. The monoisotopic (exact) mass is 431 g/mol. The minimum Gasteiger partial charge on any atom is -0.460 e. The van der Waals surface area contributed by atoms with Gasteiger partial charge in [0.05, 0.1) is 6.54 Å². The molecule has 0 spiro atoms. The van der Waals surface area contributed by atoms with Crippen LogP contribution in [-0.4, -0.2) is 24.4 Å². The van der Waals surface area contributed by atoms with Gasteiger partial charge in [-0.2, -0.15) is 0 Å². The summed E-state index contributed by atoms with van der Waals surface area (Å²) in [6.45, 7) is 5.45. The molecule has 3 aromatic rings. The van der Waals surface area contributed by atoms with E-state index in [0.717, 1.165) is 16.7 Å². The van der Waals surface area contributed by atoms with Crippen LogP contribution < -0.4 is 5.32 Å². The minimum atomic E-state index is -0.734. The lowest BCUT2D eigenvalue weighted by Crippen LogP contribution is -2.32. The van der Waals surface area contributed by atoms with Gasteiger partial charge in [0, 0.05) is 5.57 Å². The summed E-state index contributed by atoms with van der Waals surface area (Å²) in [5.41, 5.74) is 3.33. The van der Waals surface area contributed by atoms with Gasteiger partial charge in [-0.05, 0) is 35.4 Å². The van der Waals surface area contributed by atoms with Crippen molar-refractivity contribution >= 4 is 23.0 Å². The largest absolute Gasteiger partial charge is 0.460 e. The average molecular weight is 432 g/mol. The summed E-state index contributed by atoms with van der Waals surface area (Å²) >= 11 is 1.21. The number of amides is 1. The van der Waals surface area contributed by atoms with E-state index in [1.54, 1.807) is 6.92 Å². The number of rotatable bonds is 8. The molecule has 0 bridgehead atoms. The zero-order chi connectivity index (χ0) is 22.1. The van der Waals surface area contributed by atoms with Crippen molar-refractivity contribution in [3.05, 3.63) is 120 Å². The number of nitrogens with one attached hydrogen (secondary N) is 1. The molecule has 0 unspecified atom stereocenters. The summed E-state index contributed by atoms with van der Waals surface area (Å²) in [5.74, 6) is -0.464. The molecule has 0 aromatic heterocycles. The van der Waals surface area contributed by atoms with Crippen LogP contribution in [0.2, 0.25) is 0 Å². The second-order valence-corrected chi connectivity index (χ2v) is 8.20. The molecule has 0 atom stereocenters. The quantitative estimate of drug-likeness (QED) is 0.220. The van der Waals surface area contributed by atoms with Crippen LogP contribution in [0.3, 0.4) is 0 Å². The molecule has 0 fully saturated rings. The van der Waals surface area contributed by atoms with Crippen molar-refractivity contribution < 1.29 is 14.3 Å². The molecular formula is C26H25NO3S. The highest BCUT2D eigenvalue weighted by molar-refractivity contribution is 8.14. The standard InChI is InChI=1S/C26H25NO3S/c1-20(2)24(28)30-19-18-27-25(29)31-26(21-12-6-3-7-13-21,22-14-8-4-9-15-22)23-16-10-5-11-17-23/h3-17H,1,18-19H2,2H3,(H,27,29). The zero-order valence-corrected chi connectivity index (χ0v) is 18.2. The first-order chi connectivity index (χ1) is 15.0. The molecular weight excluding hydrogens is 406 g/mol. The number of esters is 1. The Morgan fingerprint density at radius 3 is 1.65 bits per heavy atom. The molecule has 0 aliphatic heterocycles. The Hall–Kier alpha value is -3.31. The molecule has 5 heteroatoms. The average Bonchev–Trinajstić information content (AvgIpc) is 2.82. The Morgan fingerprint density at radius 2 is 1.26 bits per heavy atom. The van der Waals surface area contributed by atoms with Gasteiger partial charge in [-0.15, -0.1) is 0 Å². The Balaban J connectivity index is 1.92. The molecule has 0 radical (unpaired) electrons. The van der Waals surface area contributed by atoms with Gasteiger partial charge in [0.25, 0.3) is 5.24 Å². The fraction of sp³-hybridized carbons (Fsp3) is 0.154. The molecule has 1 amide bonds. The molecule has 0 saturated heterocycles. The molecule has 0 aliphatic rings. The van der Waals surface area contributed by atoms with E-state index in [2.05, 4.69) is 11.9 Å². The molecule has 0 saturated carbocycles. The molecule has 31 heavy (non-hydrogen) atoms. The van der Waals surface area contributed by atoms with Crippen LogP contribution in [0.4, 0.5) is 4.79 Å². The van der Waals surface area contributed by atoms with Gasteiger partial charge in [-0.1, -0.05) is 97.6 Å². The van der Waals surface area contributed by atoms with Gasteiger partial charge in [0.15, 0.2) is 0 Å². The van der Waals surface area contributed by atoms with Crippen LogP contribution in [0.5, 0.6) is 0 Å². The molecule has 3 rings (SSSR count). The molecule has 0 heterocycles. The second-order valence-electron chi connectivity index (χ2n) is 7.01. The van der Waals surface area contributed by atoms with Gasteiger partial charge in [-0.25, -0.2) is 4.79 Å². The summed E-state index contributed by atoms with van der Waals surface area (Å²) in [6.07, 6.45) is 0. The van der Waals surface area contributed by atoms with Gasteiger partial charge in [0.2, 0.25) is 0 Å². The number of hydrogen-bond donors (Lipinski definition) is 1. The maximum Gasteiger partial charge on any atom is 0.333 e. The van der Waals surface area contributed by atoms with E-state index in [-0.39, 0.29) is 18.4 Å². The van der Waals surface area contributed by atoms with Crippen LogP contribution in [0.15, 0.2) is 103 Å². The Bertz CT molecular complexity index is 924. The Morgan fingerprint density at radius 1 is 0.839 bits per heavy atom. The smallest absolute Gasteiger partial charge is 0.333 e. The Labute approximate surface area is 187 Å². The predicted molar refractivity (Wildman–Crippen MR) is 126 cm³/mol. The summed E-state index contributed by atoms with van der Waals surface area (Å²) in [6, 6.07) is 30.0. The molecule has 3 aromatic carbocycles. The van der Waals surface area contributed by atoms with Crippen LogP contribution in [-0.2, 0) is 14.3 Å². The maximum atomic E-state index is 13.1. The first-order valence-electron chi connectivity index (χ1n) is 10.00. The number of ether oxygens (including phenoxy) is 1. The van der Waals surface area contributed by atoms with E-state index in [1.807, 2.05) is 91.0 Å². The highest BCUT2D eigenvalue weighted by atomic mass is 32.2. The zero-order valence-electron chi connectivity index (χ0n) is 17.4. The van der Waals surface area contributed by atoms with Crippen LogP contribution in [0.1, 0.15) is 23.6 Å². The number of thioether (sulfide) groups is 1. The summed E-state index contributed by atoms with van der Waals surface area (Å²) in [5, 5.41) is 2.65. The topological polar surface area (TPSA) is 55.4 Å². The molecule has 158 valence electrons. The van der Waals surface area contributed by atoms with E-state index in [1.165, 1.54) is 11.8 Å². The van der Waals surface area contributed by atoms with Gasteiger partial charge in [0.1, 0.15) is 11.4 Å². The molecule has 0 aliphatic carbocycles. The van der Waals surface area contributed by atoms with Crippen LogP contribution >= 0.6 is 11.8 Å². The summed E-state index contributed by atoms with van der Waals surface area (Å²) in [4.78, 5) is 24.6. The van der Waals surface area contributed by atoms with E-state index in [9.17, 15) is 9.59 Å². The van der Waals surface area contributed by atoms with Crippen molar-refractivity contribution in [1.82, 2.24) is 5.32 Å². The number of hydrogen-bond acceptors (Lipinski definition) is 4. The van der Waals surface area contributed by atoms with Crippen molar-refractivity contribution in [1.29, 1.82) is 0 Å². The number of benzene rings is 3. The van der Waals surface area contributed by atoms with Gasteiger partial charge >= 0.3 is 5.97 Å².